The molecule has 0 spiro atoms. The average molecular weight is 822 g/mol. The Hall–Kier alpha value is -2.96. The predicted octanol–water partition coefficient (Wildman–Crippen LogP) is 14.4. The number of nitrogens with one attached hydrogen (secondary N) is 1. The first-order chi connectivity index (χ1) is 29.0. The first-order valence-electron chi connectivity index (χ1n) is 24.4. The molecule has 0 fully saturated rings. The van der Waals surface area contributed by atoms with Gasteiger partial charge in [0, 0.05) is 6.42 Å². The van der Waals surface area contributed by atoms with Crippen molar-refractivity contribution in [2.24, 2.45) is 0 Å². The number of unbranched alkanes of at least 4 members (excludes halogenated alkanes) is 20. The summed E-state index contributed by atoms with van der Waals surface area (Å²) in [7, 11) is 0. The van der Waals surface area contributed by atoms with Crippen molar-refractivity contribution in [2.75, 3.05) is 6.61 Å². The van der Waals surface area contributed by atoms with E-state index in [2.05, 4.69) is 74.7 Å². The molecule has 0 aliphatic carbocycles. The van der Waals surface area contributed by atoms with Gasteiger partial charge in [0.25, 0.3) is 0 Å². The van der Waals surface area contributed by atoms with Crippen LogP contribution in [0.2, 0.25) is 0 Å². The Kier molecular flexibility index (Phi) is 43.8. The lowest BCUT2D eigenvalue weighted by Gasteiger charge is -2.24. The standard InChI is InChI=1S/C53H91NO5/c1-4-7-10-13-16-19-22-24-26-27-28-30-32-35-38-41-44-49(59-53(58)46-43-40-37-34-31-29-25-23-20-17-14-11-8-5-2)47-52(57)54-50(48-55)51(56)45-42-39-36-33-21-18-15-12-9-6-3/h8,10-11,13,16-17,19-20,22,24,26-28,30,49-51,55-56H,4-7,9,12,14-15,18,21,23,25,29,31-48H2,1-3H3,(H,54,57)/b11-8+,13-10+,19-16+,20-17+,24-22+,27-26+,30-28+. The van der Waals surface area contributed by atoms with E-state index >= 15 is 0 Å². The van der Waals surface area contributed by atoms with Gasteiger partial charge in [0.2, 0.25) is 5.91 Å². The highest BCUT2D eigenvalue weighted by Crippen LogP contribution is 2.17. The fourth-order valence-corrected chi connectivity index (χ4v) is 6.91. The molecule has 3 N–H and O–H groups in total. The highest BCUT2D eigenvalue weighted by molar-refractivity contribution is 5.77. The van der Waals surface area contributed by atoms with Gasteiger partial charge >= 0.3 is 5.97 Å². The number of rotatable bonds is 42. The minimum absolute atomic E-state index is 0.0419. The zero-order chi connectivity index (χ0) is 43.1. The molecule has 0 bridgehead atoms. The van der Waals surface area contributed by atoms with Gasteiger partial charge in [0.15, 0.2) is 0 Å². The van der Waals surface area contributed by atoms with Gasteiger partial charge in [-0.1, -0.05) is 215 Å². The van der Waals surface area contributed by atoms with Gasteiger partial charge in [0.1, 0.15) is 6.10 Å². The van der Waals surface area contributed by atoms with Gasteiger partial charge in [-0.2, -0.15) is 0 Å². The van der Waals surface area contributed by atoms with Gasteiger partial charge in [0.05, 0.1) is 25.2 Å². The van der Waals surface area contributed by atoms with Crippen LogP contribution in [0.25, 0.3) is 0 Å². The Morgan fingerprint density at radius 1 is 0.525 bits per heavy atom. The number of allylic oxidation sites excluding steroid dienone is 14. The van der Waals surface area contributed by atoms with Crippen LogP contribution in [0.1, 0.15) is 213 Å². The zero-order valence-corrected chi connectivity index (χ0v) is 38.4. The molecule has 338 valence electrons. The second kappa shape index (κ2) is 46.1. The van der Waals surface area contributed by atoms with Crippen molar-refractivity contribution >= 4 is 11.9 Å². The lowest BCUT2D eigenvalue weighted by atomic mass is 10.0. The predicted molar refractivity (Wildman–Crippen MR) is 254 cm³/mol. The summed E-state index contributed by atoms with van der Waals surface area (Å²) in [5.74, 6) is -0.532. The molecule has 59 heavy (non-hydrogen) atoms. The molecule has 0 heterocycles. The van der Waals surface area contributed by atoms with Crippen LogP contribution in [-0.4, -0.2) is 46.9 Å². The molecule has 0 saturated heterocycles. The van der Waals surface area contributed by atoms with E-state index in [-0.39, 0.29) is 24.9 Å². The first kappa shape index (κ1) is 56.0. The van der Waals surface area contributed by atoms with E-state index in [1.54, 1.807) is 0 Å². The molecule has 0 rings (SSSR count). The van der Waals surface area contributed by atoms with E-state index in [0.717, 1.165) is 89.9 Å². The van der Waals surface area contributed by atoms with E-state index < -0.39 is 18.2 Å². The summed E-state index contributed by atoms with van der Waals surface area (Å²) in [5, 5.41) is 23.7. The van der Waals surface area contributed by atoms with Crippen LogP contribution >= 0.6 is 0 Å². The maximum absolute atomic E-state index is 13.2. The van der Waals surface area contributed by atoms with E-state index in [4.69, 9.17) is 4.74 Å². The van der Waals surface area contributed by atoms with Crippen molar-refractivity contribution in [3.05, 3.63) is 85.1 Å². The van der Waals surface area contributed by atoms with Crippen LogP contribution in [-0.2, 0) is 14.3 Å². The molecule has 0 aliphatic heterocycles. The second-order valence-electron chi connectivity index (χ2n) is 16.2. The topological polar surface area (TPSA) is 95.9 Å². The summed E-state index contributed by atoms with van der Waals surface area (Å²) >= 11 is 0. The number of aliphatic hydroxyl groups is 2. The Balaban J connectivity index is 4.73. The van der Waals surface area contributed by atoms with E-state index in [1.807, 2.05) is 36.5 Å². The number of amides is 1. The summed E-state index contributed by atoms with van der Waals surface area (Å²) in [6, 6.07) is -0.720. The highest BCUT2D eigenvalue weighted by atomic mass is 16.5. The van der Waals surface area contributed by atoms with E-state index in [0.29, 0.717) is 19.3 Å². The third-order valence-corrected chi connectivity index (χ3v) is 10.6. The molecule has 3 atom stereocenters. The van der Waals surface area contributed by atoms with Crippen LogP contribution in [0.3, 0.4) is 0 Å². The number of aliphatic hydroxyl groups excluding tert-OH is 2. The summed E-state index contributed by atoms with van der Waals surface area (Å²) in [4.78, 5) is 26.1. The Morgan fingerprint density at radius 3 is 1.61 bits per heavy atom. The molecule has 0 aliphatic rings. The van der Waals surface area contributed by atoms with Crippen LogP contribution in [0.5, 0.6) is 0 Å². The largest absolute Gasteiger partial charge is 0.462 e. The number of hydrogen-bond donors (Lipinski definition) is 3. The van der Waals surface area contributed by atoms with Crippen molar-refractivity contribution in [3.8, 4) is 0 Å². The third kappa shape index (κ3) is 41.6. The molecule has 6 heteroatoms. The zero-order valence-electron chi connectivity index (χ0n) is 38.4. The number of hydrogen-bond acceptors (Lipinski definition) is 5. The van der Waals surface area contributed by atoms with Gasteiger partial charge in [-0.05, 0) is 70.6 Å². The lowest BCUT2D eigenvalue weighted by molar-refractivity contribution is -0.151. The first-order valence-corrected chi connectivity index (χ1v) is 24.4. The number of carbonyl (C=O) groups is 2. The van der Waals surface area contributed by atoms with Gasteiger partial charge in [-0.15, -0.1) is 0 Å². The molecule has 0 saturated carbocycles. The quantitative estimate of drug-likeness (QED) is 0.0247. The smallest absolute Gasteiger partial charge is 0.306 e. The molecular formula is C53H91NO5. The van der Waals surface area contributed by atoms with Gasteiger partial charge in [-0.25, -0.2) is 0 Å². The monoisotopic (exact) mass is 822 g/mol. The summed E-state index contributed by atoms with van der Waals surface area (Å²) in [5.41, 5.74) is 0. The van der Waals surface area contributed by atoms with Crippen molar-refractivity contribution in [3.63, 3.8) is 0 Å². The van der Waals surface area contributed by atoms with Crippen molar-refractivity contribution in [2.45, 2.75) is 232 Å². The molecule has 0 aromatic rings. The van der Waals surface area contributed by atoms with Crippen molar-refractivity contribution in [1.29, 1.82) is 0 Å². The Morgan fingerprint density at radius 2 is 1.02 bits per heavy atom. The molecular weight excluding hydrogens is 731 g/mol. The number of esters is 1. The van der Waals surface area contributed by atoms with Crippen LogP contribution < -0.4 is 5.32 Å². The third-order valence-electron chi connectivity index (χ3n) is 10.6. The Labute approximate surface area is 363 Å². The van der Waals surface area contributed by atoms with Crippen molar-refractivity contribution < 1.29 is 24.5 Å². The normalized spacial score (nSPS) is 14.1. The molecule has 6 nitrogen and oxygen atoms in total. The molecule has 3 unspecified atom stereocenters. The maximum atomic E-state index is 13.2. The number of ether oxygens (including phenoxy) is 1. The minimum atomic E-state index is -0.803. The minimum Gasteiger partial charge on any atom is -0.462 e. The van der Waals surface area contributed by atoms with E-state index in [9.17, 15) is 19.8 Å². The SMILES string of the molecule is CC/C=C/C/C=C/CCCCCCCCCC(=O)OC(CCCCC/C=C/C=C/C=C/C=C/C=C/CCC)CC(=O)NC(CO)C(O)CCCCCCCCCCCC. The fourth-order valence-electron chi connectivity index (χ4n) is 6.91. The molecule has 0 radical (unpaired) electrons. The average Bonchev–Trinajstić information content (AvgIpc) is 3.23. The van der Waals surface area contributed by atoms with Gasteiger partial charge < -0.3 is 20.3 Å². The van der Waals surface area contributed by atoms with Gasteiger partial charge in [-0.3, -0.25) is 9.59 Å². The second-order valence-corrected chi connectivity index (χ2v) is 16.2. The van der Waals surface area contributed by atoms with Crippen LogP contribution in [0, 0.1) is 0 Å². The summed E-state index contributed by atoms with van der Waals surface area (Å²) in [6.07, 6.45) is 59.2. The van der Waals surface area contributed by atoms with Crippen LogP contribution in [0.4, 0.5) is 0 Å². The van der Waals surface area contributed by atoms with Crippen LogP contribution in [0.15, 0.2) is 85.1 Å². The lowest BCUT2D eigenvalue weighted by Crippen LogP contribution is -2.46. The maximum Gasteiger partial charge on any atom is 0.306 e. The summed E-state index contributed by atoms with van der Waals surface area (Å²) in [6.45, 7) is 6.25. The Bertz CT molecular complexity index is 1150. The fraction of sp³-hybridized carbons (Fsp3) is 0.698. The molecule has 0 aromatic carbocycles. The molecule has 0 aromatic heterocycles. The summed E-state index contributed by atoms with van der Waals surface area (Å²) < 4.78 is 5.90. The van der Waals surface area contributed by atoms with E-state index in [1.165, 1.54) is 77.0 Å². The molecule has 1 amide bonds. The van der Waals surface area contributed by atoms with Crippen molar-refractivity contribution in [1.82, 2.24) is 5.32 Å². The number of carbonyl (C=O) groups excluding carboxylic acids is 2. The highest BCUT2D eigenvalue weighted by Gasteiger charge is 2.24.